The molecule has 1 amide bonds. The molecule has 0 aromatic carbocycles. The van der Waals surface area contributed by atoms with E-state index < -0.39 is 22.5 Å². The normalized spacial score (nSPS) is 27.4. The molecular weight excluding hydrogens is 294 g/mol. The number of amides is 1. The average molecular weight is 319 g/mol. The van der Waals surface area contributed by atoms with Crippen LogP contribution in [0.3, 0.4) is 0 Å². The molecule has 0 aromatic heterocycles. The van der Waals surface area contributed by atoms with E-state index in [0.29, 0.717) is 6.42 Å². The van der Waals surface area contributed by atoms with Gasteiger partial charge in [-0.3, -0.25) is 4.79 Å². The van der Waals surface area contributed by atoms with Crippen LogP contribution in [0.25, 0.3) is 0 Å². The number of nitrogens with zero attached hydrogens (tertiary/aromatic N) is 1. The van der Waals surface area contributed by atoms with Crippen molar-refractivity contribution in [3.05, 3.63) is 0 Å². The molecule has 2 fully saturated rings. The Labute approximate surface area is 126 Å². The van der Waals surface area contributed by atoms with E-state index in [1.54, 1.807) is 0 Å². The first-order valence-corrected chi connectivity index (χ1v) is 9.55. The summed E-state index contributed by atoms with van der Waals surface area (Å²) in [5.74, 6) is -0.0393. The van der Waals surface area contributed by atoms with Crippen molar-refractivity contribution >= 4 is 15.7 Å². The summed E-state index contributed by atoms with van der Waals surface area (Å²) in [4.78, 5) is 14.2. The van der Waals surface area contributed by atoms with Gasteiger partial charge in [0.15, 0.2) is 9.84 Å². The highest BCUT2D eigenvalue weighted by atomic mass is 32.2. The molecule has 2 N–H and O–H groups in total. The van der Waals surface area contributed by atoms with Crippen molar-refractivity contribution in [1.29, 1.82) is 0 Å². The molecule has 122 valence electrons. The van der Waals surface area contributed by atoms with E-state index in [9.17, 15) is 18.3 Å². The fraction of sp³-hybridized carbons (Fsp3) is 0.929. The van der Waals surface area contributed by atoms with Gasteiger partial charge in [-0.1, -0.05) is 19.3 Å². The highest BCUT2D eigenvalue weighted by molar-refractivity contribution is 7.91. The van der Waals surface area contributed by atoms with Gasteiger partial charge in [-0.05, 0) is 19.3 Å². The summed E-state index contributed by atoms with van der Waals surface area (Å²) in [6.07, 6.45) is 4.28. The second-order valence-corrected chi connectivity index (χ2v) is 8.45. The van der Waals surface area contributed by atoms with Crippen molar-refractivity contribution in [3.63, 3.8) is 0 Å². The predicted octanol–water partition coefficient (Wildman–Crippen LogP) is -0.0644. The zero-order chi connectivity index (χ0) is 15.5. The third-order valence-corrected chi connectivity index (χ3v) is 6.26. The lowest BCUT2D eigenvalue weighted by Crippen LogP contribution is -2.48. The molecule has 0 unspecified atom stereocenters. The van der Waals surface area contributed by atoms with Crippen molar-refractivity contribution in [2.45, 2.75) is 50.7 Å². The number of carbonyl (C=O) groups excluding carboxylic acids is 1. The van der Waals surface area contributed by atoms with E-state index in [0.717, 1.165) is 32.1 Å². The van der Waals surface area contributed by atoms with E-state index in [4.69, 9.17) is 5.11 Å². The van der Waals surface area contributed by atoms with Crippen molar-refractivity contribution < 1.29 is 23.4 Å². The number of hydrogen-bond donors (Lipinski definition) is 2. The summed E-state index contributed by atoms with van der Waals surface area (Å²) >= 11 is 0. The summed E-state index contributed by atoms with van der Waals surface area (Å²) in [5.41, 5.74) is 0. The third-order valence-electron chi connectivity index (χ3n) is 4.50. The van der Waals surface area contributed by atoms with E-state index in [1.807, 2.05) is 0 Å². The second kappa shape index (κ2) is 7.07. The van der Waals surface area contributed by atoms with Crippen LogP contribution in [0.15, 0.2) is 0 Å². The molecule has 0 spiro atoms. The van der Waals surface area contributed by atoms with Gasteiger partial charge in [0.1, 0.15) is 0 Å². The smallest absolute Gasteiger partial charge is 0.226 e. The van der Waals surface area contributed by atoms with E-state index in [1.165, 1.54) is 4.90 Å². The number of carbonyl (C=O) groups is 1. The molecule has 1 heterocycles. The van der Waals surface area contributed by atoms with Gasteiger partial charge in [0, 0.05) is 18.5 Å². The summed E-state index contributed by atoms with van der Waals surface area (Å²) < 4.78 is 23.3. The topological polar surface area (TPSA) is 94.9 Å². The first kappa shape index (κ1) is 16.7. The summed E-state index contributed by atoms with van der Waals surface area (Å²) in [6.45, 7) is -0.403. The Morgan fingerprint density at radius 1 is 1.19 bits per heavy atom. The standard InChI is InChI=1S/C14H25NO5S/c16-9-13(17)8-15(12-6-7-21(19,20)10-12)14(18)11-4-2-1-3-5-11/h11-13,16-17H,1-10H2/t12-,13-/m0/s1. The fourth-order valence-corrected chi connectivity index (χ4v) is 5.04. The molecular formula is C14H25NO5S. The SMILES string of the molecule is O=C(C1CCCCC1)N(C[C@H](O)CO)[C@H]1CCS(=O)(=O)C1. The quantitative estimate of drug-likeness (QED) is 0.740. The van der Waals surface area contributed by atoms with Crippen molar-refractivity contribution in [1.82, 2.24) is 4.90 Å². The van der Waals surface area contributed by atoms with Crippen LogP contribution in [0.2, 0.25) is 0 Å². The molecule has 2 rings (SSSR count). The monoisotopic (exact) mass is 319 g/mol. The van der Waals surface area contributed by atoms with Gasteiger partial charge in [0.05, 0.1) is 24.2 Å². The lowest BCUT2D eigenvalue weighted by Gasteiger charge is -2.34. The molecule has 7 heteroatoms. The maximum absolute atomic E-state index is 12.7. The van der Waals surface area contributed by atoms with Gasteiger partial charge in [-0.25, -0.2) is 8.42 Å². The first-order chi connectivity index (χ1) is 9.93. The van der Waals surface area contributed by atoms with Gasteiger partial charge in [0.25, 0.3) is 0 Å². The third kappa shape index (κ3) is 4.40. The average Bonchev–Trinajstić information content (AvgIpc) is 2.84. The molecule has 2 atom stereocenters. The molecule has 0 radical (unpaired) electrons. The predicted molar refractivity (Wildman–Crippen MR) is 78.4 cm³/mol. The highest BCUT2D eigenvalue weighted by Gasteiger charge is 2.37. The van der Waals surface area contributed by atoms with Crippen LogP contribution in [-0.4, -0.2) is 66.2 Å². The molecule has 6 nitrogen and oxygen atoms in total. The minimum Gasteiger partial charge on any atom is -0.394 e. The van der Waals surface area contributed by atoms with Crippen molar-refractivity contribution in [2.24, 2.45) is 5.92 Å². The Kier molecular flexibility index (Phi) is 5.62. The molecule has 0 bridgehead atoms. The Morgan fingerprint density at radius 2 is 1.86 bits per heavy atom. The molecule has 0 aromatic rings. The lowest BCUT2D eigenvalue weighted by molar-refractivity contribution is -0.140. The molecule has 1 saturated heterocycles. The summed E-state index contributed by atoms with van der Waals surface area (Å²) in [6, 6.07) is -0.356. The van der Waals surface area contributed by atoms with Crippen LogP contribution < -0.4 is 0 Å². The van der Waals surface area contributed by atoms with Crippen LogP contribution in [0, 0.1) is 5.92 Å². The minimum absolute atomic E-state index is 0.0199. The molecule has 21 heavy (non-hydrogen) atoms. The fourth-order valence-electron chi connectivity index (χ4n) is 3.31. The minimum atomic E-state index is -3.09. The van der Waals surface area contributed by atoms with E-state index in [2.05, 4.69) is 0 Å². The van der Waals surface area contributed by atoms with Crippen LogP contribution in [0.5, 0.6) is 0 Å². The van der Waals surface area contributed by atoms with E-state index >= 15 is 0 Å². The second-order valence-electron chi connectivity index (χ2n) is 6.22. The lowest BCUT2D eigenvalue weighted by atomic mass is 9.88. The van der Waals surface area contributed by atoms with Crippen LogP contribution >= 0.6 is 0 Å². The summed E-state index contributed by atoms with van der Waals surface area (Å²) in [5, 5.41) is 18.7. The largest absolute Gasteiger partial charge is 0.394 e. The number of rotatable bonds is 5. The molecule has 2 aliphatic rings. The van der Waals surface area contributed by atoms with Gasteiger partial charge < -0.3 is 15.1 Å². The van der Waals surface area contributed by atoms with Crippen LogP contribution in [0.1, 0.15) is 38.5 Å². The van der Waals surface area contributed by atoms with Gasteiger partial charge >= 0.3 is 0 Å². The highest BCUT2D eigenvalue weighted by Crippen LogP contribution is 2.28. The van der Waals surface area contributed by atoms with Crippen molar-refractivity contribution in [3.8, 4) is 0 Å². The number of sulfone groups is 1. The Bertz CT molecular complexity index is 458. The van der Waals surface area contributed by atoms with E-state index in [-0.39, 0.29) is 35.9 Å². The van der Waals surface area contributed by atoms with Gasteiger partial charge in [-0.2, -0.15) is 0 Å². The number of aliphatic hydroxyl groups excluding tert-OH is 2. The zero-order valence-corrected chi connectivity index (χ0v) is 13.1. The molecule has 1 aliphatic carbocycles. The number of aliphatic hydroxyl groups is 2. The Hall–Kier alpha value is -0.660. The van der Waals surface area contributed by atoms with Crippen molar-refractivity contribution in [2.75, 3.05) is 24.7 Å². The number of hydrogen-bond acceptors (Lipinski definition) is 5. The first-order valence-electron chi connectivity index (χ1n) is 7.73. The molecule has 1 aliphatic heterocycles. The van der Waals surface area contributed by atoms with Gasteiger partial charge in [-0.15, -0.1) is 0 Å². The molecule has 1 saturated carbocycles. The Balaban J connectivity index is 2.09. The Morgan fingerprint density at radius 3 is 2.38 bits per heavy atom. The van der Waals surface area contributed by atoms with Crippen LogP contribution in [-0.2, 0) is 14.6 Å². The van der Waals surface area contributed by atoms with Crippen LogP contribution in [0.4, 0.5) is 0 Å². The maximum atomic E-state index is 12.7. The zero-order valence-electron chi connectivity index (χ0n) is 12.3. The maximum Gasteiger partial charge on any atom is 0.226 e. The summed E-state index contributed by atoms with van der Waals surface area (Å²) in [7, 11) is -3.09. The van der Waals surface area contributed by atoms with Gasteiger partial charge in [0.2, 0.25) is 5.91 Å².